The summed E-state index contributed by atoms with van der Waals surface area (Å²) < 4.78 is 5.70. The quantitative estimate of drug-likeness (QED) is 0.611. The van der Waals surface area contributed by atoms with Gasteiger partial charge in [-0.3, -0.25) is 9.59 Å². The standard InChI is InChI=1S/C28H32N2O5/c31-26(32)15-14-18-7-6-16-30(18)27(33)23-12-5-13-25(23)29-28(34)35-17-24-21-10-3-1-8-19(21)20-9-2-4-11-22(20)24/h1-4,8-11,18,23-25H,5-7,12-17H2,(H,29,34)(H,31,32)/t18?,23-,25+/m1/s1. The van der Waals surface area contributed by atoms with Crippen LogP contribution >= 0.6 is 0 Å². The zero-order valence-corrected chi connectivity index (χ0v) is 19.8. The van der Waals surface area contributed by atoms with Crippen molar-refractivity contribution in [1.29, 1.82) is 0 Å². The molecule has 2 fully saturated rings. The van der Waals surface area contributed by atoms with Crippen molar-refractivity contribution in [2.75, 3.05) is 13.2 Å². The number of carboxylic acids is 1. The van der Waals surface area contributed by atoms with Crippen LogP contribution in [0, 0.1) is 5.92 Å². The second-order valence-corrected chi connectivity index (χ2v) is 9.87. The van der Waals surface area contributed by atoms with Gasteiger partial charge in [0.1, 0.15) is 6.61 Å². The summed E-state index contributed by atoms with van der Waals surface area (Å²) in [6, 6.07) is 16.2. The lowest BCUT2D eigenvalue weighted by Crippen LogP contribution is -2.47. The van der Waals surface area contributed by atoms with Crippen LogP contribution < -0.4 is 5.32 Å². The van der Waals surface area contributed by atoms with E-state index in [-0.39, 0.29) is 42.9 Å². The molecule has 1 aliphatic heterocycles. The van der Waals surface area contributed by atoms with Crippen LogP contribution in [0.25, 0.3) is 11.1 Å². The smallest absolute Gasteiger partial charge is 0.407 e. The molecule has 0 spiro atoms. The van der Waals surface area contributed by atoms with Crippen LogP contribution in [0.3, 0.4) is 0 Å². The highest BCUT2D eigenvalue weighted by Gasteiger charge is 2.40. The minimum absolute atomic E-state index is 0.00579. The lowest BCUT2D eigenvalue weighted by Gasteiger charge is -2.30. The first-order valence-corrected chi connectivity index (χ1v) is 12.7. The van der Waals surface area contributed by atoms with E-state index in [2.05, 4.69) is 29.6 Å². The Morgan fingerprint density at radius 3 is 2.31 bits per heavy atom. The fourth-order valence-electron chi connectivity index (χ4n) is 6.15. The molecular formula is C28H32N2O5. The predicted molar refractivity (Wildman–Crippen MR) is 131 cm³/mol. The van der Waals surface area contributed by atoms with E-state index in [0.29, 0.717) is 13.0 Å². The van der Waals surface area contributed by atoms with E-state index in [4.69, 9.17) is 9.84 Å². The molecule has 2 N–H and O–H groups in total. The summed E-state index contributed by atoms with van der Waals surface area (Å²) in [6.45, 7) is 0.909. The maximum absolute atomic E-state index is 13.3. The van der Waals surface area contributed by atoms with Gasteiger partial charge in [0.2, 0.25) is 5.91 Å². The monoisotopic (exact) mass is 476 g/mol. The van der Waals surface area contributed by atoms with E-state index < -0.39 is 12.1 Å². The zero-order chi connectivity index (χ0) is 24.4. The summed E-state index contributed by atoms with van der Waals surface area (Å²) >= 11 is 0. The Morgan fingerprint density at radius 2 is 1.63 bits per heavy atom. The van der Waals surface area contributed by atoms with Crippen molar-refractivity contribution in [2.24, 2.45) is 5.92 Å². The Kier molecular flexibility index (Phi) is 6.75. The number of carboxylic acid groups (broad SMARTS) is 1. The normalized spacial score (nSPS) is 23.1. The highest BCUT2D eigenvalue weighted by molar-refractivity contribution is 5.82. The van der Waals surface area contributed by atoms with Gasteiger partial charge in [-0.05, 0) is 54.4 Å². The molecule has 0 bridgehead atoms. The molecule has 1 heterocycles. The number of carbonyl (C=O) groups excluding carboxylic acids is 2. The molecule has 1 saturated heterocycles. The number of nitrogens with one attached hydrogen (secondary N) is 1. The van der Waals surface area contributed by atoms with Crippen LogP contribution in [0.2, 0.25) is 0 Å². The molecule has 0 aromatic heterocycles. The van der Waals surface area contributed by atoms with Crippen molar-refractivity contribution in [2.45, 2.75) is 62.9 Å². The number of nitrogens with zero attached hydrogens (tertiary/aromatic N) is 1. The molecule has 1 unspecified atom stereocenters. The van der Waals surface area contributed by atoms with E-state index in [1.165, 1.54) is 11.1 Å². The number of aliphatic carboxylic acids is 1. The number of ether oxygens (including phenoxy) is 1. The second kappa shape index (κ2) is 10.1. The van der Waals surface area contributed by atoms with E-state index in [1.807, 2.05) is 29.2 Å². The van der Waals surface area contributed by atoms with Crippen molar-refractivity contribution < 1.29 is 24.2 Å². The number of fused-ring (bicyclic) bond motifs is 3. The maximum atomic E-state index is 13.3. The average molecular weight is 477 g/mol. The summed E-state index contributed by atoms with van der Waals surface area (Å²) in [5.74, 6) is -1.08. The van der Waals surface area contributed by atoms with Gasteiger partial charge < -0.3 is 20.1 Å². The van der Waals surface area contributed by atoms with Crippen molar-refractivity contribution in [3.8, 4) is 11.1 Å². The number of alkyl carbamates (subject to hydrolysis) is 1. The number of amides is 2. The Labute approximate surface area is 205 Å². The van der Waals surface area contributed by atoms with E-state index >= 15 is 0 Å². The van der Waals surface area contributed by atoms with Crippen LogP contribution in [0.15, 0.2) is 48.5 Å². The molecule has 3 atom stereocenters. The third-order valence-corrected chi connectivity index (χ3v) is 7.83. The molecule has 35 heavy (non-hydrogen) atoms. The van der Waals surface area contributed by atoms with Crippen LogP contribution in [0.5, 0.6) is 0 Å². The molecule has 5 rings (SSSR count). The summed E-state index contributed by atoms with van der Waals surface area (Å²) in [4.78, 5) is 39.0. The summed E-state index contributed by atoms with van der Waals surface area (Å²) in [6.07, 6.45) is 4.16. The lowest BCUT2D eigenvalue weighted by molar-refractivity contribution is -0.140. The highest BCUT2D eigenvalue weighted by Crippen LogP contribution is 2.44. The van der Waals surface area contributed by atoms with E-state index in [0.717, 1.165) is 43.2 Å². The largest absolute Gasteiger partial charge is 0.481 e. The highest BCUT2D eigenvalue weighted by atomic mass is 16.5. The molecule has 184 valence electrons. The second-order valence-electron chi connectivity index (χ2n) is 9.87. The topological polar surface area (TPSA) is 95.9 Å². The lowest BCUT2D eigenvalue weighted by atomic mass is 9.98. The Hall–Kier alpha value is -3.35. The first kappa shape index (κ1) is 23.4. The molecule has 2 amide bonds. The number of hydrogen-bond acceptors (Lipinski definition) is 4. The molecule has 2 aromatic rings. The van der Waals surface area contributed by atoms with Gasteiger partial charge in [-0.25, -0.2) is 4.79 Å². The van der Waals surface area contributed by atoms with Crippen molar-refractivity contribution >= 4 is 18.0 Å². The van der Waals surface area contributed by atoms with E-state index in [9.17, 15) is 14.4 Å². The fraction of sp³-hybridized carbons (Fsp3) is 0.464. The van der Waals surface area contributed by atoms with Gasteiger partial charge in [0.15, 0.2) is 0 Å². The molecule has 2 aromatic carbocycles. The number of benzene rings is 2. The SMILES string of the molecule is O=C(O)CCC1CCCN1C(=O)[C@@H]1CCC[C@@H]1NC(=O)OCC1c2ccccc2-c2ccccc21. The van der Waals surface area contributed by atoms with Crippen molar-refractivity contribution in [3.05, 3.63) is 59.7 Å². The molecule has 7 heteroatoms. The molecule has 7 nitrogen and oxygen atoms in total. The zero-order valence-electron chi connectivity index (χ0n) is 19.8. The van der Waals surface area contributed by atoms with Gasteiger partial charge in [-0.1, -0.05) is 55.0 Å². The minimum atomic E-state index is -0.833. The number of carbonyl (C=O) groups is 3. The van der Waals surface area contributed by atoms with Gasteiger partial charge in [0, 0.05) is 31.0 Å². The van der Waals surface area contributed by atoms with Gasteiger partial charge in [-0.15, -0.1) is 0 Å². The summed E-state index contributed by atoms with van der Waals surface area (Å²) in [5, 5.41) is 12.0. The third-order valence-electron chi connectivity index (χ3n) is 7.83. The van der Waals surface area contributed by atoms with Crippen LogP contribution in [-0.2, 0) is 14.3 Å². The minimum Gasteiger partial charge on any atom is -0.481 e. The van der Waals surface area contributed by atoms with Gasteiger partial charge in [-0.2, -0.15) is 0 Å². The van der Waals surface area contributed by atoms with Crippen molar-refractivity contribution in [3.63, 3.8) is 0 Å². The first-order chi connectivity index (χ1) is 17.0. The number of hydrogen-bond donors (Lipinski definition) is 2. The van der Waals surface area contributed by atoms with E-state index in [1.54, 1.807) is 0 Å². The third kappa shape index (κ3) is 4.77. The predicted octanol–water partition coefficient (Wildman–Crippen LogP) is 4.55. The molecule has 3 aliphatic rings. The summed E-state index contributed by atoms with van der Waals surface area (Å²) in [5.41, 5.74) is 4.69. The molecule has 2 aliphatic carbocycles. The van der Waals surface area contributed by atoms with Crippen LogP contribution in [-0.4, -0.2) is 53.2 Å². The number of rotatable bonds is 7. The maximum Gasteiger partial charge on any atom is 0.407 e. The van der Waals surface area contributed by atoms with Crippen LogP contribution in [0.4, 0.5) is 4.79 Å². The van der Waals surface area contributed by atoms with Crippen LogP contribution in [0.1, 0.15) is 62.0 Å². The van der Waals surface area contributed by atoms with Gasteiger partial charge >= 0.3 is 12.1 Å². The molecule has 0 radical (unpaired) electrons. The molecular weight excluding hydrogens is 444 g/mol. The average Bonchev–Trinajstić information content (AvgIpc) is 3.59. The number of likely N-dealkylation sites (tertiary alicyclic amines) is 1. The Morgan fingerprint density at radius 1 is 0.943 bits per heavy atom. The fourth-order valence-corrected chi connectivity index (χ4v) is 6.15. The van der Waals surface area contributed by atoms with Crippen molar-refractivity contribution in [1.82, 2.24) is 10.2 Å². The van der Waals surface area contributed by atoms with Gasteiger partial charge in [0.25, 0.3) is 0 Å². The van der Waals surface area contributed by atoms with Gasteiger partial charge in [0.05, 0.1) is 5.92 Å². The first-order valence-electron chi connectivity index (χ1n) is 12.7. The summed E-state index contributed by atoms with van der Waals surface area (Å²) in [7, 11) is 0. The molecule has 1 saturated carbocycles. The Balaban J connectivity index is 1.20. The Bertz CT molecular complexity index is 1070.